The summed E-state index contributed by atoms with van der Waals surface area (Å²) < 4.78 is 0. The Balaban J connectivity index is 1.57. The second kappa shape index (κ2) is 7.67. The number of carbonyl (C=O) groups excluding carboxylic acids is 1. The van der Waals surface area contributed by atoms with Gasteiger partial charge in [-0.15, -0.1) is 0 Å². The van der Waals surface area contributed by atoms with Crippen molar-refractivity contribution < 1.29 is 19.8 Å². The SMILES string of the molecule is O=C(CC(CN1CCC(O)CC1)C(=O)O)Nc1ccc2cc[nH]c2c1. The summed E-state index contributed by atoms with van der Waals surface area (Å²) in [6.07, 6.45) is 2.75. The summed E-state index contributed by atoms with van der Waals surface area (Å²) >= 11 is 0. The first-order valence-electron chi connectivity index (χ1n) is 8.51. The summed E-state index contributed by atoms with van der Waals surface area (Å²) in [6.45, 7) is 1.65. The van der Waals surface area contributed by atoms with Gasteiger partial charge in [-0.2, -0.15) is 0 Å². The summed E-state index contributed by atoms with van der Waals surface area (Å²) in [5.74, 6) is -2.04. The molecule has 7 heteroatoms. The standard InChI is InChI=1S/C18H23N3O4/c22-15-4-7-21(8-5-15)11-13(18(24)25)9-17(23)20-14-2-1-12-3-6-19-16(12)10-14/h1-3,6,10,13,15,19,22H,4-5,7-9,11H2,(H,20,23)(H,24,25). The molecule has 134 valence electrons. The molecule has 2 aromatic rings. The number of carboxylic acids is 1. The number of piperidine rings is 1. The van der Waals surface area contributed by atoms with Crippen molar-refractivity contribution in [1.82, 2.24) is 9.88 Å². The van der Waals surface area contributed by atoms with Crippen molar-refractivity contribution in [3.05, 3.63) is 30.5 Å². The van der Waals surface area contributed by atoms with Gasteiger partial charge in [0.05, 0.1) is 12.0 Å². The molecule has 1 saturated heterocycles. The Hall–Kier alpha value is -2.38. The lowest BCUT2D eigenvalue weighted by atomic mass is 10.0. The number of aliphatic hydroxyl groups excluding tert-OH is 1. The minimum absolute atomic E-state index is 0.0723. The fourth-order valence-electron chi connectivity index (χ4n) is 3.20. The number of nitrogens with one attached hydrogen (secondary N) is 2. The lowest BCUT2D eigenvalue weighted by Gasteiger charge is -2.31. The predicted molar refractivity (Wildman–Crippen MR) is 94.4 cm³/mol. The average Bonchev–Trinajstić information content (AvgIpc) is 3.03. The van der Waals surface area contributed by atoms with Gasteiger partial charge < -0.3 is 25.4 Å². The molecule has 7 nitrogen and oxygen atoms in total. The van der Waals surface area contributed by atoms with Crippen molar-refractivity contribution in [3.63, 3.8) is 0 Å². The molecule has 0 spiro atoms. The minimum Gasteiger partial charge on any atom is -0.481 e. The van der Waals surface area contributed by atoms with E-state index in [0.717, 1.165) is 10.9 Å². The van der Waals surface area contributed by atoms with Crippen LogP contribution in [0.3, 0.4) is 0 Å². The van der Waals surface area contributed by atoms with Crippen molar-refractivity contribution in [3.8, 4) is 0 Å². The molecule has 1 atom stereocenters. The Bertz CT molecular complexity index is 750. The number of nitrogens with zero attached hydrogens (tertiary/aromatic N) is 1. The first-order valence-corrected chi connectivity index (χ1v) is 8.51. The van der Waals surface area contributed by atoms with Crippen LogP contribution in [0.4, 0.5) is 5.69 Å². The first-order chi connectivity index (χ1) is 12.0. The highest BCUT2D eigenvalue weighted by Crippen LogP contribution is 2.19. The highest BCUT2D eigenvalue weighted by molar-refractivity contribution is 5.95. The van der Waals surface area contributed by atoms with Crippen LogP contribution in [0.25, 0.3) is 10.9 Å². The smallest absolute Gasteiger partial charge is 0.308 e. The van der Waals surface area contributed by atoms with Crippen molar-refractivity contribution in [1.29, 1.82) is 0 Å². The van der Waals surface area contributed by atoms with Crippen LogP contribution in [0.5, 0.6) is 0 Å². The molecule has 25 heavy (non-hydrogen) atoms. The van der Waals surface area contributed by atoms with E-state index in [-0.39, 0.29) is 18.4 Å². The van der Waals surface area contributed by atoms with Gasteiger partial charge in [-0.25, -0.2) is 0 Å². The molecule has 1 aliphatic rings. The van der Waals surface area contributed by atoms with E-state index in [4.69, 9.17) is 0 Å². The third-order valence-electron chi connectivity index (χ3n) is 4.66. The Morgan fingerprint density at radius 1 is 1.28 bits per heavy atom. The molecule has 1 unspecified atom stereocenters. The Morgan fingerprint density at radius 2 is 2.04 bits per heavy atom. The van der Waals surface area contributed by atoms with Crippen molar-refractivity contribution in [2.45, 2.75) is 25.4 Å². The fraction of sp³-hybridized carbons (Fsp3) is 0.444. The van der Waals surface area contributed by atoms with Crippen LogP contribution in [0.1, 0.15) is 19.3 Å². The zero-order chi connectivity index (χ0) is 17.8. The maximum absolute atomic E-state index is 12.3. The lowest BCUT2D eigenvalue weighted by Crippen LogP contribution is -2.41. The number of carbonyl (C=O) groups is 2. The van der Waals surface area contributed by atoms with Crippen LogP contribution in [0.2, 0.25) is 0 Å². The molecule has 0 aliphatic carbocycles. The maximum Gasteiger partial charge on any atom is 0.308 e. The number of amides is 1. The Labute approximate surface area is 145 Å². The number of benzene rings is 1. The lowest BCUT2D eigenvalue weighted by molar-refractivity contribution is -0.144. The van der Waals surface area contributed by atoms with Gasteiger partial charge in [-0.05, 0) is 36.4 Å². The van der Waals surface area contributed by atoms with Crippen molar-refractivity contribution in [2.75, 3.05) is 25.0 Å². The number of H-pyrrole nitrogens is 1. The minimum atomic E-state index is -0.971. The fourth-order valence-corrected chi connectivity index (χ4v) is 3.20. The van der Waals surface area contributed by atoms with Crippen LogP contribution in [0, 0.1) is 5.92 Å². The number of aliphatic hydroxyl groups is 1. The van der Waals surface area contributed by atoms with Crippen LogP contribution in [-0.2, 0) is 9.59 Å². The first kappa shape index (κ1) is 17.4. The van der Waals surface area contributed by atoms with Gasteiger partial charge in [0.1, 0.15) is 0 Å². The molecule has 1 aliphatic heterocycles. The molecular weight excluding hydrogens is 322 g/mol. The maximum atomic E-state index is 12.3. The molecule has 0 radical (unpaired) electrons. The van der Waals surface area contributed by atoms with Crippen LogP contribution >= 0.6 is 0 Å². The van der Waals surface area contributed by atoms with E-state index < -0.39 is 11.9 Å². The van der Waals surface area contributed by atoms with E-state index in [1.165, 1.54) is 0 Å². The molecule has 2 heterocycles. The number of anilines is 1. The topological polar surface area (TPSA) is 106 Å². The second-order valence-electron chi connectivity index (χ2n) is 6.60. The average molecular weight is 345 g/mol. The number of likely N-dealkylation sites (tertiary alicyclic amines) is 1. The van der Waals surface area contributed by atoms with E-state index in [1.807, 2.05) is 29.3 Å². The van der Waals surface area contributed by atoms with E-state index in [2.05, 4.69) is 10.3 Å². The molecule has 3 rings (SSSR count). The molecular formula is C18H23N3O4. The summed E-state index contributed by atoms with van der Waals surface area (Å²) in [5, 5.41) is 22.8. The van der Waals surface area contributed by atoms with Crippen LogP contribution < -0.4 is 5.32 Å². The van der Waals surface area contributed by atoms with Crippen molar-refractivity contribution in [2.24, 2.45) is 5.92 Å². The third-order valence-corrected chi connectivity index (χ3v) is 4.66. The van der Waals surface area contributed by atoms with E-state index in [0.29, 0.717) is 38.2 Å². The summed E-state index contributed by atoms with van der Waals surface area (Å²) in [4.78, 5) is 28.8. The number of carboxylic acid groups (broad SMARTS) is 1. The van der Waals surface area contributed by atoms with E-state index >= 15 is 0 Å². The molecule has 0 bridgehead atoms. The van der Waals surface area contributed by atoms with Gasteiger partial charge in [0, 0.05) is 43.5 Å². The van der Waals surface area contributed by atoms with E-state index in [9.17, 15) is 19.8 Å². The zero-order valence-electron chi connectivity index (χ0n) is 13.9. The number of aromatic amines is 1. The number of aromatic nitrogens is 1. The molecule has 4 N–H and O–H groups in total. The number of fused-ring (bicyclic) bond motifs is 1. The van der Waals surface area contributed by atoms with Gasteiger partial charge in [0.15, 0.2) is 0 Å². The molecule has 0 saturated carbocycles. The van der Waals surface area contributed by atoms with Crippen LogP contribution in [0.15, 0.2) is 30.5 Å². The number of aliphatic carboxylic acids is 1. The quantitative estimate of drug-likeness (QED) is 0.637. The number of rotatable bonds is 6. The third kappa shape index (κ3) is 4.58. The zero-order valence-corrected chi connectivity index (χ0v) is 13.9. The van der Waals surface area contributed by atoms with E-state index in [1.54, 1.807) is 6.07 Å². The number of hydrogen-bond donors (Lipinski definition) is 4. The molecule has 1 aromatic carbocycles. The molecule has 1 aromatic heterocycles. The van der Waals surface area contributed by atoms with Crippen LogP contribution in [-0.4, -0.2) is 57.7 Å². The Morgan fingerprint density at radius 3 is 2.76 bits per heavy atom. The summed E-state index contributed by atoms with van der Waals surface area (Å²) in [6, 6.07) is 7.47. The van der Waals surface area contributed by atoms with Gasteiger partial charge in [0.2, 0.25) is 5.91 Å². The highest BCUT2D eigenvalue weighted by atomic mass is 16.4. The summed E-state index contributed by atoms with van der Waals surface area (Å²) in [7, 11) is 0. The van der Waals surface area contributed by atoms with Gasteiger partial charge >= 0.3 is 5.97 Å². The highest BCUT2D eigenvalue weighted by Gasteiger charge is 2.26. The second-order valence-corrected chi connectivity index (χ2v) is 6.60. The van der Waals surface area contributed by atoms with Gasteiger partial charge in [0.25, 0.3) is 0 Å². The largest absolute Gasteiger partial charge is 0.481 e. The Kier molecular flexibility index (Phi) is 5.35. The van der Waals surface area contributed by atoms with Crippen molar-refractivity contribution >= 4 is 28.5 Å². The summed E-state index contributed by atoms with van der Waals surface area (Å²) in [5.41, 5.74) is 1.56. The molecule has 1 amide bonds. The predicted octanol–water partition coefficient (Wildman–Crippen LogP) is 1.65. The number of hydrogen-bond acceptors (Lipinski definition) is 4. The molecule has 1 fully saturated rings. The normalized spacial score (nSPS) is 17.5. The van der Waals surface area contributed by atoms with Gasteiger partial charge in [-0.3, -0.25) is 9.59 Å². The monoisotopic (exact) mass is 345 g/mol. The van der Waals surface area contributed by atoms with Gasteiger partial charge in [-0.1, -0.05) is 6.07 Å².